The van der Waals surface area contributed by atoms with Crippen molar-refractivity contribution >= 4 is 10.0 Å². The lowest BCUT2D eigenvalue weighted by Crippen LogP contribution is -2.49. The molecule has 0 amide bonds. The molecule has 0 aliphatic carbocycles. The third kappa shape index (κ3) is 3.21. The zero-order valence-corrected chi connectivity index (χ0v) is 13.2. The Balaban J connectivity index is 2.21. The van der Waals surface area contributed by atoms with E-state index in [1.165, 1.54) is 10.9 Å². The molecule has 2 heterocycles. The van der Waals surface area contributed by atoms with Gasteiger partial charge in [-0.15, -0.1) is 0 Å². The van der Waals surface area contributed by atoms with Crippen molar-refractivity contribution in [3.63, 3.8) is 0 Å². The lowest BCUT2D eigenvalue weighted by Gasteiger charge is -2.35. The normalized spacial score (nSPS) is 21.5. The van der Waals surface area contributed by atoms with Crippen LogP contribution in [0.1, 0.15) is 33.1 Å². The third-order valence-electron chi connectivity index (χ3n) is 3.68. The largest absolute Gasteiger partial charge is 0.313 e. The molecule has 20 heavy (non-hydrogen) atoms. The van der Waals surface area contributed by atoms with Gasteiger partial charge in [-0.1, -0.05) is 20.3 Å². The highest BCUT2D eigenvalue weighted by atomic mass is 32.2. The molecular weight excluding hydrogens is 276 g/mol. The maximum atomic E-state index is 12.8. The number of sulfonamides is 1. The molecule has 6 nitrogen and oxygen atoms in total. The second kappa shape index (κ2) is 6.24. The van der Waals surface area contributed by atoms with Crippen LogP contribution in [0.15, 0.2) is 17.3 Å². The Morgan fingerprint density at radius 3 is 2.80 bits per heavy atom. The summed E-state index contributed by atoms with van der Waals surface area (Å²) in [4.78, 5) is 0. The highest BCUT2D eigenvalue weighted by Crippen LogP contribution is 2.24. The van der Waals surface area contributed by atoms with Gasteiger partial charge in [0.05, 0.1) is 6.20 Å². The fourth-order valence-electron chi connectivity index (χ4n) is 2.60. The molecule has 1 atom stereocenters. The summed E-state index contributed by atoms with van der Waals surface area (Å²) < 4.78 is 28.6. The maximum absolute atomic E-state index is 12.8. The molecule has 7 heteroatoms. The number of nitrogens with zero attached hydrogens (tertiary/aromatic N) is 3. The predicted molar refractivity (Wildman–Crippen MR) is 77.9 cm³/mol. The summed E-state index contributed by atoms with van der Waals surface area (Å²) in [5.74, 6) is 0. The van der Waals surface area contributed by atoms with Gasteiger partial charge >= 0.3 is 0 Å². The number of aryl methyl sites for hydroxylation is 1. The molecule has 0 radical (unpaired) electrons. The summed E-state index contributed by atoms with van der Waals surface area (Å²) in [7, 11) is -1.79. The van der Waals surface area contributed by atoms with Crippen LogP contribution in [0.2, 0.25) is 0 Å². The molecule has 1 N–H and O–H groups in total. The molecular formula is C13H24N4O2S. The Morgan fingerprint density at radius 2 is 2.20 bits per heavy atom. The monoisotopic (exact) mass is 300 g/mol. The molecule has 1 saturated heterocycles. The quantitative estimate of drug-likeness (QED) is 0.879. The van der Waals surface area contributed by atoms with Gasteiger partial charge in [-0.3, -0.25) is 4.68 Å². The fraction of sp³-hybridized carbons (Fsp3) is 0.769. The topological polar surface area (TPSA) is 67.2 Å². The second-order valence-electron chi connectivity index (χ2n) is 5.62. The highest BCUT2D eigenvalue weighted by Gasteiger charge is 2.34. The number of nitrogens with one attached hydrogen (secondary N) is 1. The summed E-state index contributed by atoms with van der Waals surface area (Å²) in [6, 6.07) is 1.96. The Hall–Kier alpha value is -0.920. The van der Waals surface area contributed by atoms with Crippen LogP contribution in [0, 0.1) is 0 Å². The van der Waals surface area contributed by atoms with Crippen molar-refractivity contribution in [1.29, 1.82) is 0 Å². The van der Waals surface area contributed by atoms with Crippen LogP contribution in [-0.2, 0) is 17.1 Å². The van der Waals surface area contributed by atoms with Crippen molar-refractivity contribution in [2.24, 2.45) is 7.05 Å². The Labute approximate surface area is 121 Å². The summed E-state index contributed by atoms with van der Waals surface area (Å²) in [6.07, 6.45) is 4.45. The summed E-state index contributed by atoms with van der Waals surface area (Å²) in [5, 5.41) is 7.59. The van der Waals surface area contributed by atoms with Gasteiger partial charge in [-0.2, -0.15) is 9.40 Å². The number of hydrogen-bond donors (Lipinski definition) is 1. The molecule has 1 aromatic heterocycles. The van der Waals surface area contributed by atoms with Crippen LogP contribution in [0.25, 0.3) is 0 Å². The number of hydrogen-bond acceptors (Lipinski definition) is 4. The molecule has 1 unspecified atom stereocenters. The SMILES string of the molecule is CC(C)NCC1CCCCN1S(=O)(=O)c1ccnn1C. The Bertz CT molecular complexity index is 538. The number of piperidine rings is 1. The first-order valence-corrected chi connectivity index (χ1v) is 8.60. The second-order valence-corrected chi connectivity index (χ2v) is 7.46. The van der Waals surface area contributed by atoms with Crippen molar-refractivity contribution in [2.75, 3.05) is 13.1 Å². The summed E-state index contributed by atoms with van der Waals surface area (Å²) in [5.41, 5.74) is 0. The van der Waals surface area contributed by atoms with Gasteiger partial charge in [-0.05, 0) is 18.9 Å². The van der Waals surface area contributed by atoms with Crippen molar-refractivity contribution in [1.82, 2.24) is 19.4 Å². The van der Waals surface area contributed by atoms with E-state index in [9.17, 15) is 8.42 Å². The van der Waals surface area contributed by atoms with E-state index in [1.54, 1.807) is 17.4 Å². The zero-order valence-electron chi connectivity index (χ0n) is 12.4. The van der Waals surface area contributed by atoms with Crippen molar-refractivity contribution in [3.8, 4) is 0 Å². The molecule has 0 bridgehead atoms. The molecule has 2 rings (SSSR count). The smallest absolute Gasteiger partial charge is 0.260 e. The van der Waals surface area contributed by atoms with E-state index < -0.39 is 10.0 Å². The maximum Gasteiger partial charge on any atom is 0.260 e. The molecule has 1 aliphatic heterocycles. The van der Waals surface area contributed by atoms with Crippen molar-refractivity contribution < 1.29 is 8.42 Å². The van der Waals surface area contributed by atoms with E-state index in [2.05, 4.69) is 24.3 Å². The number of aromatic nitrogens is 2. The molecule has 114 valence electrons. The average Bonchev–Trinajstić information content (AvgIpc) is 2.83. The van der Waals surface area contributed by atoms with Crippen LogP contribution in [0.5, 0.6) is 0 Å². The lowest BCUT2D eigenvalue weighted by molar-refractivity contribution is 0.240. The standard InChI is InChI=1S/C13H24N4O2S/c1-11(2)14-10-12-6-4-5-9-17(12)20(18,19)13-7-8-15-16(13)3/h7-8,11-12,14H,4-6,9-10H2,1-3H3. The molecule has 1 fully saturated rings. The first kappa shape index (κ1) is 15.5. The van der Waals surface area contributed by atoms with Crippen molar-refractivity contribution in [2.45, 2.75) is 50.2 Å². The first-order valence-electron chi connectivity index (χ1n) is 7.16. The minimum absolute atomic E-state index is 0.0334. The molecule has 1 aromatic rings. The molecule has 1 aliphatic rings. The summed E-state index contributed by atoms with van der Waals surface area (Å²) in [6.45, 7) is 5.44. The Kier molecular flexibility index (Phi) is 4.82. The van der Waals surface area contributed by atoms with Gasteiger partial charge in [0.25, 0.3) is 10.0 Å². The van der Waals surface area contributed by atoms with Gasteiger partial charge in [0.15, 0.2) is 5.03 Å². The van der Waals surface area contributed by atoms with E-state index in [1.807, 2.05) is 0 Å². The van der Waals surface area contributed by atoms with E-state index in [4.69, 9.17) is 0 Å². The van der Waals surface area contributed by atoms with Gasteiger partial charge in [0.2, 0.25) is 0 Å². The predicted octanol–water partition coefficient (Wildman–Crippen LogP) is 0.961. The van der Waals surface area contributed by atoms with E-state index in [0.717, 1.165) is 19.3 Å². The highest BCUT2D eigenvalue weighted by molar-refractivity contribution is 7.89. The molecule has 0 spiro atoms. The van der Waals surface area contributed by atoms with Crippen LogP contribution < -0.4 is 5.32 Å². The first-order chi connectivity index (χ1) is 9.43. The Morgan fingerprint density at radius 1 is 1.45 bits per heavy atom. The average molecular weight is 300 g/mol. The van der Waals surface area contributed by atoms with Crippen LogP contribution in [0.4, 0.5) is 0 Å². The van der Waals surface area contributed by atoms with Crippen LogP contribution >= 0.6 is 0 Å². The van der Waals surface area contributed by atoms with E-state index in [0.29, 0.717) is 19.1 Å². The van der Waals surface area contributed by atoms with Gasteiger partial charge in [-0.25, -0.2) is 8.42 Å². The molecule has 0 aromatic carbocycles. The van der Waals surface area contributed by atoms with Crippen LogP contribution in [0.3, 0.4) is 0 Å². The van der Waals surface area contributed by atoms with E-state index in [-0.39, 0.29) is 11.1 Å². The number of rotatable bonds is 5. The lowest BCUT2D eigenvalue weighted by atomic mass is 10.0. The van der Waals surface area contributed by atoms with E-state index >= 15 is 0 Å². The fourth-order valence-corrected chi connectivity index (χ4v) is 4.40. The van der Waals surface area contributed by atoms with Gasteiger partial charge in [0, 0.05) is 32.2 Å². The third-order valence-corrected chi connectivity index (χ3v) is 5.71. The zero-order chi connectivity index (χ0) is 14.8. The minimum atomic E-state index is -3.45. The van der Waals surface area contributed by atoms with Crippen molar-refractivity contribution in [3.05, 3.63) is 12.3 Å². The van der Waals surface area contributed by atoms with Gasteiger partial charge in [0.1, 0.15) is 0 Å². The summed E-state index contributed by atoms with van der Waals surface area (Å²) >= 11 is 0. The minimum Gasteiger partial charge on any atom is -0.313 e. The molecule has 0 saturated carbocycles. The van der Waals surface area contributed by atoms with Gasteiger partial charge < -0.3 is 5.32 Å². The van der Waals surface area contributed by atoms with Crippen LogP contribution in [-0.4, -0.2) is 47.7 Å².